The van der Waals surface area contributed by atoms with Gasteiger partial charge in [0.1, 0.15) is 0 Å². The Morgan fingerprint density at radius 2 is 1.94 bits per heavy atom. The molecule has 6 nitrogen and oxygen atoms in total. The van der Waals surface area contributed by atoms with Gasteiger partial charge in [0.2, 0.25) is 11.8 Å². The molecule has 2 aromatic carbocycles. The first-order valence-electron chi connectivity index (χ1n) is 9.45. The van der Waals surface area contributed by atoms with Crippen molar-refractivity contribution in [3.8, 4) is 0 Å². The van der Waals surface area contributed by atoms with Gasteiger partial charge in [-0.05, 0) is 65.2 Å². The second kappa shape index (κ2) is 8.56. The molecule has 8 heteroatoms. The third-order valence-electron chi connectivity index (χ3n) is 4.84. The molecular weight excluding hydrogens is 478 g/mol. The van der Waals surface area contributed by atoms with E-state index in [4.69, 9.17) is 4.74 Å². The smallest absolute Gasteiger partial charge is 0.363 e. The molecule has 0 spiro atoms. The highest BCUT2D eigenvalue weighted by Crippen LogP contribution is 2.33. The maximum absolute atomic E-state index is 12.4. The molecule has 0 fully saturated rings. The standard InChI is InChI=1S/C23H18BrN3O3S/c1-13-7-6-10-20(14(13)2)27(15(3)28)23-25-16(12-31-23)11-19-22(29)30-21(26-19)17-8-4-5-9-18(17)24/h4-12H,1-3H3. The van der Waals surface area contributed by atoms with Crippen molar-refractivity contribution in [3.63, 3.8) is 0 Å². The molecule has 0 atom stereocenters. The van der Waals surface area contributed by atoms with Crippen molar-refractivity contribution >= 4 is 61.9 Å². The topological polar surface area (TPSA) is 71.9 Å². The summed E-state index contributed by atoms with van der Waals surface area (Å²) in [4.78, 5) is 35.2. The first-order chi connectivity index (χ1) is 14.8. The summed E-state index contributed by atoms with van der Waals surface area (Å²) in [6.07, 6.45) is 1.56. The van der Waals surface area contributed by atoms with Gasteiger partial charge in [-0.3, -0.25) is 9.69 Å². The van der Waals surface area contributed by atoms with Crippen LogP contribution < -0.4 is 4.90 Å². The van der Waals surface area contributed by atoms with Crippen molar-refractivity contribution in [2.45, 2.75) is 20.8 Å². The van der Waals surface area contributed by atoms with Crippen LogP contribution in [0.1, 0.15) is 29.3 Å². The van der Waals surface area contributed by atoms with E-state index in [2.05, 4.69) is 25.9 Å². The molecule has 1 aliphatic heterocycles. The lowest BCUT2D eigenvalue weighted by molar-refractivity contribution is -0.130. The Morgan fingerprint density at radius 3 is 2.68 bits per heavy atom. The molecule has 1 amide bonds. The minimum absolute atomic E-state index is 0.142. The highest BCUT2D eigenvalue weighted by molar-refractivity contribution is 9.10. The quantitative estimate of drug-likeness (QED) is 0.351. The van der Waals surface area contributed by atoms with Gasteiger partial charge in [0.05, 0.1) is 16.9 Å². The normalized spacial score (nSPS) is 14.5. The SMILES string of the molecule is CC(=O)N(c1nc(C=C2N=C(c3ccccc3Br)OC2=O)cs1)c1cccc(C)c1C. The Morgan fingerprint density at radius 1 is 1.16 bits per heavy atom. The van der Waals surface area contributed by atoms with Gasteiger partial charge >= 0.3 is 5.97 Å². The number of carbonyl (C=O) groups is 2. The summed E-state index contributed by atoms with van der Waals surface area (Å²) in [5.74, 6) is -0.449. The highest BCUT2D eigenvalue weighted by Gasteiger charge is 2.26. The van der Waals surface area contributed by atoms with Crippen LogP contribution >= 0.6 is 27.3 Å². The Hall–Kier alpha value is -3.10. The number of carbonyl (C=O) groups excluding carboxylic acids is 2. The number of hydrogen-bond acceptors (Lipinski definition) is 6. The fourth-order valence-corrected chi connectivity index (χ4v) is 4.42. The lowest BCUT2D eigenvalue weighted by Gasteiger charge is -2.21. The lowest BCUT2D eigenvalue weighted by atomic mass is 10.1. The van der Waals surface area contributed by atoms with Gasteiger partial charge in [-0.25, -0.2) is 14.8 Å². The first kappa shape index (κ1) is 21.1. The monoisotopic (exact) mass is 495 g/mol. The van der Waals surface area contributed by atoms with Gasteiger partial charge in [-0.1, -0.05) is 24.3 Å². The summed E-state index contributed by atoms with van der Waals surface area (Å²) in [6, 6.07) is 13.2. The summed E-state index contributed by atoms with van der Waals surface area (Å²) < 4.78 is 6.11. The number of aliphatic imine (C=N–C) groups is 1. The lowest BCUT2D eigenvalue weighted by Crippen LogP contribution is -2.23. The van der Waals surface area contributed by atoms with E-state index in [1.165, 1.54) is 18.3 Å². The number of aryl methyl sites for hydroxylation is 1. The molecule has 0 saturated carbocycles. The predicted molar refractivity (Wildman–Crippen MR) is 126 cm³/mol. The molecule has 3 aromatic rings. The number of cyclic esters (lactones) is 1. The Kier molecular flexibility index (Phi) is 5.84. The van der Waals surface area contributed by atoms with Crippen molar-refractivity contribution in [3.05, 3.63) is 80.4 Å². The van der Waals surface area contributed by atoms with Crippen LogP contribution in [0.5, 0.6) is 0 Å². The van der Waals surface area contributed by atoms with E-state index in [1.807, 2.05) is 56.3 Å². The van der Waals surface area contributed by atoms with Crippen LogP contribution in [0.15, 0.2) is 63.0 Å². The van der Waals surface area contributed by atoms with Crippen molar-refractivity contribution in [2.75, 3.05) is 4.90 Å². The number of rotatable bonds is 4. The fourth-order valence-electron chi connectivity index (χ4n) is 3.13. The molecule has 0 radical (unpaired) electrons. The summed E-state index contributed by atoms with van der Waals surface area (Å²) in [5.41, 5.74) is 4.26. The zero-order chi connectivity index (χ0) is 22.1. The van der Waals surface area contributed by atoms with E-state index in [1.54, 1.807) is 16.4 Å². The molecule has 0 aliphatic carbocycles. The van der Waals surface area contributed by atoms with Gasteiger partial charge in [0.25, 0.3) is 0 Å². The second-order valence-electron chi connectivity index (χ2n) is 6.94. The van der Waals surface area contributed by atoms with Crippen LogP contribution in [0.2, 0.25) is 0 Å². The average Bonchev–Trinajstić information content (AvgIpc) is 3.33. The number of anilines is 2. The maximum atomic E-state index is 12.4. The Bertz CT molecular complexity index is 1260. The molecule has 0 unspecified atom stereocenters. The van der Waals surface area contributed by atoms with E-state index in [-0.39, 0.29) is 17.5 Å². The van der Waals surface area contributed by atoms with E-state index in [0.29, 0.717) is 16.4 Å². The minimum Gasteiger partial charge on any atom is -0.402 e. The largest absolute Gasteiger partial charge is 0.402 e. The third kappa shape index (κ3) is 4.22. The number of nitrogens with zero attached hydrogens (tertiary/aromatic N) is 3. The molecule has 1 aromatic heterocycles. The highest BCUT2D eigenvalue weighted by atomic mass is 79.9. The van der Waals surface area contributed by atoms with Crippen LogP contribution in [0.3, 0.4) is 0 Å². The molecule has 156 valence electrons. The minimum atomic E-state index is -0.543. The third-order valence-corrected chi connectivity index (χ3v) is 6.38. The molecule has 2 heterocycles. The zero-order valence-electron chi connectivity index (χ0n) is 17.0. The molecule has 0 bridgehead atoms. The molecule has 31 heavy (non-hydrogen) atoms. The number of esters is 1. The van der Waals surface area contributed by atoms with Gasteiger partial charge in [0.15, 0.2) is 10.8 Å². The Balaban J connectivity index is 1.67. The van der Waals surface area contributed by atoms with Crippen molar-refractivity contribution < 1.29 is 14.3 Å². The van der Waals surface area contributed by atoms with Gasteiger partial charge < -0.3 is 4.74 Å². The summed E-state index contributed by atoms with van der Waals surface area (Å²) in [6.45, 7) is 5.48. The number of thiazole rings is 1. The van der Waals surface area contributed by atoms with Crippen molar-refractivity contribution in [1.29, 1.82) is 0 Å². The zero-order valence-corrected chi connectivity index (χ0v) is 19.5. The summed E-state index contributed by atoms with van der Waals surface area (Å²) in [5, 5.41) is 2.30. The fraction of sp³-hybridized carbons (Fsp3) is 0.130. The number of hydrogen-bond donors (Lipinski definition) is 0. The van der Waals surface area contributed by atoms with E-state index in [9.17, 15) is 9.59 Å². The first-order valence-corrected chi connectivity index (χ1v) is 11.1. The number of aromatic nitrogens is 1. The number of amides is 1. The van der Waals surface area contributed by atoms with Crippen LogP contribution in [-0.4, -0.2) is 22.8 Å². The molecule has 1 aliphatic rings. The van der Waals surface area contributed by atoms with Crippen LogP contribution in [-0.2, 0) is 14.3 Å². The van der Waals surface area contributed by atoms with Crippen LogP contribution in [0.25, 0.3) is 6.08 Å². The van der Waals surface area contributed by atoms with Crippen LogP contribution in [0, 0.1) is 13.8 Å². The molecule has 0 N–H and O–H groups in total. The number of benzene rings is 2. The van der Waals surface area contributed by atoms with Gasteiger partial charge in [-0.2, -0.15) is 0 Å². The molecule has 4 rings (SSSR count). The van der Waals surface area contributed by atoms with E-state index < -0.39 is 5.97 Å². The van der Waals surface area contributed by atoms with E-state index in [0.717, 1.165) is 21.3 Å². The summed E-state index contributed by atoms with van der Waals surface area (Å²) >= 11 is 4.76. The number of ether oxygens (including phenoxy) is 1. The maximum Gasteiger partial charge on any atom is 0.363 e. The Labute approximate surface area is 192 Å². The predicted octanol–water partition coefficient (Wildman–Crippen LogP) is 5.55. The average molecular weight is 496 g/mol. The summed E-state index contributed by atoms with van der Waals surface area (Å²) in [7, 11) is 0. The number of halogens is 1. The van der Waals surface area contributed by atoms with Crippen molar-refractivity contribution in [1.82, 2.24) is 4.98 Å². The van der Waals surface area contributed by atoms with E-state index >= 15 is 0 Å². The van der Waals surface area contributed by atoms with Gasteiger partial charge in [-0.15, -0.1) is 11.3 Å². The molecular formula is C23H18BrN3O3S. The second-order valence-corrected chi connectivity index (χ2v) is 8.64. The van der Waals surface area contributed by atoms with Crippen molar-refractivity contribution in [2.24, 2.45) is 4.99 Å². The van der Waals surface area contributed by atoms with Crippen LogP contribution in [0.4, 0.5) is 10.8 Å². The van der Waals surface area contributed by atoms with Gasteiger partial charge in [0, 0.05) is 16.8 Å². The molecule has 0 saturated heterocycles.